The number of benzene rings is 9. The van der Waals surface area contributed by atoms with Crippen LogP contribution in [0.2, 0.25) is 5.02 Å². The van der Waals surface area contributed by atoms with E-state index in [2.05, 4.69) is 278 Å². The Kier molecular flexibility index (Phi) is 37.8. The second-order valence-corrected chi connectivity index (χ2v) is 36.5. The molecule has 0 aliphatic rings. The molecule has 7 heteroatoms. The maximum atomic E-state index is 13.1. The molecule has 0 saturated heterocycles. The third-order valence-corrected chi connectivity index (χ3v) is 16.9. The molecule has 0 radical (unpaired) electrons. The van der Waals surface area contributed by atoms with Gasteiger partial charge in [0.2, 0.25) is 0 Å². The van der Waals surface area contributed by atoms with Crippen LogP contribution >= 0.6 is 11.6 Å². The van der Waals surface area contributed by atoms with Crippen LogP contribution in [0.15, 0.2) is 200 Å². The van der Waals surface area contributed by atoms with E-state index in [1.165, 1.54) is 74.3 Å². The molecule has 0 spiro atoms. The van der Waals surface area contributed by atoms with Gasteiger partial charge in [-0.05, 0) is 211 Å². The smallest absolute Gasteiger partial charge is 0.127 e. The third-order valence-electron chi connectivity index (χ3n) is 16.6. The molecule has 0 fully saturated rings. The minimum Gasteiger partial charge on any atom is -0.508 e. The van der Waals surface area contributed by atoms with Crippen LogP contribution in [0.25, 0.3) is 0 Å². The second-order valence-electron chi connectivity index (χ2n) is 36.0. The summed E-state index contributed by atoms with van der Waals surface area (Å²) in [6.45, 7) is 67.7. The van der Waals surface area contributed by atoms with Gasteiger partial charge in [0.15, 0.2) is 0 Å². The van der Waals surface area contributed by atoms with Crippen LogP contribution in [0.1, 0.15) is 272 Å². The summed E-state index contributed by atoms with van der Waals surface area (Å²) in [7, 11) is 0. The number of aryl methyl sites for hydroxylation is 5. The number of hydrogen-bond acceptors (Lipinski definition) is 2. The van der Waals surface area contributed by atoms with Crippen molar-refractivity contribution in [1.82, 2.24) is 0 Å². The summed E-state index contributed by atoms with van der Waals surface area (Å²) in [4.78, 5) is 0. The Morgan fingerprint density at radius 1 is 0.243 bits per heavy atom. The maximum absolute atomic E-state index is 13.1. The molecule has 103 heavy (non-hydrogen) atoms. The van der Waals surface area contributed by atoms with Crippen LogP contribution in [0.5, 0.6) is 11.5 Å². The first-order valence-corrected chi connectivity index (χ1v) is 36.2. The molecule has 0 unspecified atom stereocenters. The van der Waals surface area contributed by atoms with Gasteiger partial charge in [-0.25, -0.2) is 17.6 Å². The summed E-state index contributed by atoms with van der Waals surface area (Å²) in [6, 6.07) is 62.8. The maximum Gasteiger partial charge on any atom is 0.127 e. The molecule has 9 aromatic carbocycles. The quantitative estimate of drug-likeness (QED) is 0.149. The first kappa shape index (κ1) is 95.6. The number of aromatic hydroxyl groups is 2. The van der Waals surface area contributed by atoms with Gasteiger partial charge in [0.05, 0.1) is 0 Å². The SMILES string of the molecule is C.CC(C)(C)c1cc(F)ccc1F.CC(C)(C)c1ccc(Cl)cc1.CC(C)(C)c1ccc(F)cc1.CC(C)(C)c1cccc(F)c1.Cc1ccc(C(C)(C)C)c(O)c1.Cc1ccc(C(C)(C)C)cc1.Cc1ccc(C(C)(C)C)cc1.Cc1ccc(C(C)(C)C)cc1O.Cc1cccc(C(C)(C)C)c1. The zero-order chi connectivity index (χ0) is 79.0. The number of phenolic OH excluding ortho intramolecular Hbond substituents is 2. The van der Waals surface area contributed by atoms with Crippen molar-refractivity contribution >= 4 is 11.6 Å². The van der Waals surface area contributed by atoms with E-state index >= 15 is 0 Å². The Balaban J connectivity index is 0.00000114. The minimum absolute atomic E-state index is 0. The molecule has 0 bridgehead atoms. The largest absolute Gasteiger partial charge is 0.508 e. The first-order valence-electron chi connectivity index (χ1n) is 35.8. The van der Waals surface area contributed by atoms with Gasteiger partial charge in [0.1, 0.15) is 34.8 Å². The molecule has 2 nitrogen and oxygen atoms in total. The lowest BCUT2D eigenvalue weighted by Gasteiger charge is -2.20. The third kappa shape index (κ3) is 38.3. The number of rotatable bonds is 0. The van der Waals surface area contributed by atoms with E-state index < -0.39 is 0 Å². The van der Waals surface area contributed by atoms with Crippen molar-refractivity contribution in [3.8, 4) is 11.5 Å². The van der Waals surface area contributed by atoms with E-state index in [0.717, 1.165) is 39.4 Å². The molecular formula is C96H135ClF4O2. The summed E-state index contributed by atoms with van der Waals surface area (Å²) in [6.07, 6.45) is 0. The molecule has 2 N–H and O–H groups in total. The Morgan fingerprint density at radius 3 is 0.854 bits per heavy atom. The molecule has 9 rings (SSSR count). The lowest BCUT2D eigenvalue weighted by molar-refractivity contribution is 0.446. The first-order chi connectivity index (χ1) is 46.2. The molecule has 0 atom stereocenters. The van der Waals surface area contributed by atoms with Gasteiger partial charge in [0, 0.05) is 5.02 Å². The fraction of sp³-hybridized carbons (Fsp3) is 0.438. The van der Waals surface area contributed by atoms with Crippen LogP contribution in [0, 0.1) is 57.9 Å². The van der Waals surface area contributed by atoms with E-state index in [9.17, 15) is 27.8 Å². The van der Waals surface area contributed by atoms with Crippen molar-refractivity contribution < 1.29 is 27.8 Å². The van der Waals surface area contributed by atoms with Gasteiger partial charge in [0.25, 0.3) is 0 Å². The highest BCUT2D eigenvalue weighted by Crippen LogP contribution is 2.33. The zero-order valence-electron chi connectivity index (χ0n) is 68.8. The van der Waals surface area contributed by atoms with E-state index in [1.807, 2.05) is 89.2 Å². The van der Waals surface area contributed by atoms with Crippen molar-refractivity contribution in [2.45, 2.75) is 278 Å². The molecule has 0 heterocycles. The van der Waals surface area contributed by atoms with Crippen LogP contribution in [-0.4, -0.2) is 10.2 Å². The van der Waals surface area contributed by atoms with Crippen molar-refractivity contribution in [2.75, 3.05) is 0 Å². The second kappa shape index (κ2) is 40.7. The highest BCUT2D eigenvalue weighted by Gasteiger charge is 2.21. The fourth-order valence-electron chi connectivity index (χ4n) is 9.50. The zero-order valence-corrected chi connectivity index (χ0v) is 69.6. The van der Waals surface area contributed by atoms with Crippen LogP contribution < -0.4 is 0 Å². The number of hydrogen-bond donors (Lipinski definition) is 2. The Labute approximate surface area is 631 Å². The highest BCUT2D eigenvalue weighted by molar-refractivity contribution is 6.30. The standard InChI is InChI=1S/2C11H16O.3C11H16.C10H13Cl.C10H12F2.2C10H13F.CH4/c1-8-5-6-9(7-10(8)12)11(2,3)4;1-8-5-6-9(10(12)7-8)11(2,3)4;2*1-9-5-7-10(8-6-9)11(2,3)4;1-9-6-5-7-10(8-9)11(2,3)4;1-10(2,3)8-4-6-9(11)7-5-8;1-10(2,3)8-6-7(11)4-5-9(8)12;1-10(2,3)8-4-6-9(11)7-5-8;1-10(2,3)8-5-4-6-9(11)7-8;/h2*5-7,12H,1-4H3;3*5-8H,1-4H3;4-7H,1-3H3;4-6H,1-3H3;2*4-7H,1-3H3;1H4. The molecule has 566 valence electrons. The lowest BCUT2D eigenvalue weighted by Crippen LogP contribution is -2.13. The van der Waals surface area contributed by atoms with Gasteiger partial charge in [-0.1, -0.05) is 356 Å². The topological polar surface area (TPSA) is 40.5 Å². The Hall–Kier alpha value is -7.41. The normalized spacial score (nSPS) is 11.5. The fourth-order valence-corrected chi connectivity index (χ4v) is 9.62. The van der Waals surface area contributed by atoms with Crippen molar-refractivity contribution in [2.24, 2.45) is 0 Å². The minimum atomic E-state index is -0.388. The van der Waals surface area contributed by atoms with Crippen LogP contribution in [0.3, 0.4) is 0 Å². The molecule has 0 saturated carbocycles. The molecule has 0 aliphatic heterocycles. The van der Waals surface area contributed by atoms with Crippen LogP contribution in [-0.2, 0) is 48.7 Å². The average molecular weight is 1430 g/mol. The molecule has 9 aromatic rings. The summed E-state index contributed by atoms with van der Waals surface area (Å²) in [5.74, 6) is -0.259. The summed E-state index contributed by atoms with van der Waals surface area (Å²) in [5.41, 5.74) is 17.4. The molecular weight excluding hydrogens is 1300 g/mol. The Morgan fingerprint density at radius 2 is 0.544 bits per heavy atom. The van der Waals surface area contributed by atoms with Crippen molar-refractivity contribution in [3.05, 3.63) is 306 Å². The highest BCUT2D eigenvalue weighted by atomic mass is 35.5. The average Bonchev–Trinajstić information content (AvgIpc) is 0.848. The predicted octanol–water partition coefficient (Wildman–Crippen LogP) is 29.7. The van der Waals surface area contributed by atoms with Gasteiger partial charge in [-0.15, -0.1) is 0 Å². The molecule has 0 aromatic heterocycles. The van der Waals surface area contributed by atoms with Crippen LogP contribution in [0.4, 0.5) is 17.6 Å². The number of halogens is 5. The van der Waals surface area contributed by atoms with E-state index in [-0.39, 0.29) is 79.4 Å². The monoisotopic (exact) mass is 1430 g/mol. The predicted molar refractivity (Wildman–Crippen MR) is 445 cm³/mol. The van der Waals surface area contributed by atoms with Gasteiger partial charge >= 0.3 is 0 Å². The van der Waals surface area contributed by atoms with Gasteiger partial charge < -0.3 is 10.2 Å². The Bertz CT molecular complexity index is 3610. The van der Waals surface area contributed by atoms with Gasteiger partial charge in [-0.2, -0.15) is 0 Å². The van der Waals surface area contributed by atoms with E-state index in [0.29, 0.717) is 17.1 Å². The van der Waals surface area contributed by atoms with Gasteiger partial charge in [-0.3, -0.25) is 0 Å². The van der Waals surface area contributed by atoms with E-state index in [4.69, 9.17) is 11.6 Å². The summed E-state index contributed by atoms with van der Waals surface area (Å²) < 4.78 is 51.0. The summed E-state index contributed by atoms with van der Waals surface area (Å²) >= 11 is 5.76. The van der Waals surface area contributed by atoms with E-state index in [1.54, 1.807) is 18.2 Å². The summed E-state index contributed by atoms with van der Waals surface area (Å²) in [5, 5.41) is 19.9. The van der Waals surface area contributed by atoms with Crippen molar-refractivity contribution in [3.63, 3.8) is 0 Å². The molecule has 0 amide bonds. The number of phenols is 2. The lowest BCUT2D eigenvalue weighted by atomic mass is 9.86. The molecule has 0 aliphatic carbocycles. The van der Waals surface area contributed by atoms with Crippen molar-refractivity contribution in [1.29, 1.82) is 0 Å².